The lowest BCUT2D eigenvalue weighted by Gasteiger charge is -2.14. The minimum atomic E-state index is -0.574. The summed E-state index contributed by atoms with van der Waals surface area (Å²) in [5, 5.41) is 11.0. The van der Waals surface area contributed by atoms with Crippen LogP contribution in [0.4, 0.5) is 5.69 Å². The van der Waals surface area contributed by atoms with E-state index in [4.69, 9.17) is 4.74 Å². The number of amides is 2. The van der Waals surface area contributed by atoms with Gasteiger partial charge in [-0.25, -0.2) is 9.80 Å². The molecule has 0 saturated carbocycles. The minimum absolute atomic E-state index is 0.0223. The topological polar surface area (TPSA) is 95.9 Å². The van der Waals surface area contributed by atoms with E-state index in [0.717, 1.165) is 10.6 Å². The highest BCUT2D eigenvalue weighted by Gasteiger charge is 2.34. The predicted molar refractivity (Wildman–Crippen MR) is 98.8 cm³/mol. The Balaban J connectivity index is 1.87. The fourth-order valence-corrected chi connectivity index (χ4v) is 2.65. The third kappa shape index (κ3) is 3.67. The van der Waals surface area contributed by atoms with E-state index in [1.165, 1.54) is 36.4 Å². The maximum Gasteiger partial charge on any atom is 0.338 e. The van der Waals surface area contributed by atoms with Crippen LogP contribution in [-0.2, 0) is 14.3 Å². The van der Waals surface area contributed by atoms with Gasteiger partial charge in [0.2, 0.25) is 0 Å². The molecule has 0 bridgehead atoms. The Morgan fingerprint density at radius 1 is 1.19 bits per heavy atom. The first-order chi connectivity index (χ1) is 12.9. The summed E-state index contributed by atoms with van der Waals surface area (Å²) in [6, 6.07) is 11.0. The summed E-state index contributed by atoms with van der Waals surface area (Å²) in [5.41, 5.74) is 4.40. The Morgan fingerprint density at radius 3 is 2.56 bits per heavy atom. The summed E-state index contributed by atoms with van der Waals surface area (Å²) in [4.78, 5) is 36.6. The number of carbonyl (C=O) groups is 3. The summed E-state index contributed by atoms with van der Waals surface area (Å²) in [7, 11) is 0. The van der Waals surface area contributed by atoms with E-state index in [1.54, 1.807) is 19.1 Å². The molecule has 1 saturated heterocycles. The molecule has 0 unspecified atom stereocenters. The van der Waals surface area contributed by atoms with Gasteiger partial charge in [-0.05, 0) is 56.3 Å². The molecule has 0 atom stereocenters. The molecule has 138 valence electrons. The lowest BCUT2D eigenvalue weighted by molar-refractivity contribution is -0.117. The molecule has 0 radical (unpaired) electrons. The SMILES string of the molecule is CCOC(=O)c1ccc(N2NC(=O)C(=Cc3cc(C)ccc3O)C2=O)cc1. The molecular formula is C20H18N2O5. The van der Waals surface area contributed by atoms with Crippen LogP contribution in [0, 0.1) is 6.92 Å². The molecule has 1 heterocycles. The highest BCUT2D eigenvalue weighted by molar-refractivity contribution is 6.31. The van der Waals surface area contributed by atoms with Crippen molar-refractivity contribution in [2.24, 2.45) is 0 Å². The summed E-state index contributed by atoms with van der Waals surface area (Å²) in [6.45, 7) is 3.82. The number of hydrogen-bond acceptors (Lipinski definition) is 5. The number of rotatable bonds is 4. The number of anilines is 1. The number of esters is 1. The Hall–Kier alpha value is -3.61. The highest BCUT2D eigenvalue weighted by atomic mass is 16.5. The highest BCUT2D eigenvalue weighted by Crippen LogP contribution is 2.25. The molecule has 7 heteroatoms. The molecule has 2 aromatic rings. The molecule has 3 rings (SSSR count). The second-order valence-electron chi connectivity index (χ2n) is 5.97. The van der Waals surface area contributed by atoms with Crippen LogP contribution >= 0.6 is 0 Å². The van der Waals surface area contributed by atoms with Crippen molar-refractivity contribution < 1.29 is 24.2 Å². The second-order valence-corrected chi connectivity index (χ2v) is 5.97. The van der Waals surface area contributed by atoms with Crippen LogP contribution in [0.5, 0.6) is 5.75 Å². The maximum absolute atomic E-state index is 12.6. The third-order valence-electron chi connectivity index (χ3n) is 4.01. The largest absolute Gasteiger partial charge is 0.507 e. The van der Waals surface area contributed by atoms with Gasteiger partial charge in [-0.15, -0.1) is 0 Å². The number of carbonyl (C=O) groups excluding carboxylic acids is 3. The molecule has 1 aliphatic rings. The average Bonchev–Trinajstić information content (AvgIpc) is 2.93. The van der Waals surface area contributed by atoms with Gasteiger partial charge < -0.3 is 9.84 Å². The van der Waals surface area contributed by atoms with Gasteiger partial charge in [0.05, 0.1) is 17.9 Å². The van der Waals surface area contributed by atoms with Crippen LogP contribution in [-0.4, -0.2) is 29.5 Å². The van der Waals surface area contributed by atoms with E-state index < -0.39 is 17.8 Å². The van der Waals surface area contributed by atoms with Crippen molar-refractivity contribution in [1.29, 1.82) is 0 Å². The Kier molecular flexibility index (Phi) is 4.94. The van der Waals surface area contributed by atoms with Crippen molar-refractivity contribution in [2.75, 3.05) is 11.6 Å². The molecule has 1 fully saturated rings. The van der Waals surface area contributed by atoms with Gasteiger partial charge >= 0.3 is 5.97 Å². The van der Waals surface area contributed by atoms with E-state index in [-0.39, 0.29) is 17.9 Å². The fourth-order valence-electron chi connectivity index (χ4n) is 2.65. The number of aromatic hydroxyl groups is 1. The molecule has 2 amide bonds. The zero-order valence-corrected chi connectivity index (χ0v) is 14.9. The first-order valence-corrected chi connectivity index (χ1v) is 8.34. The number of aryl methyl sites for hydroxylation is 1. The maximum atomic E-state index is 12.6. The van der Waals surface area contributed by atoms with Crippen LogP contribution in [0.3, 0.4) is 0 Å². The molecule has 0 aromatic heterocycles. The van der Waals surface area contributed by atoms with Gasteiger partial charge in [0, 0.05) is 5.56 Å². The number of benzene rings is 2. The molecular weight excluding hydrogens is 348 g/mol. The van der Waals surface area contributed by atoms with E-state index in [0.29, 0.717) is 16.8 Å². The number of nitrogens with zero attached hydrogens (tertiary/aromatic N) is 1. The normalized spacial score (nSPS) is 15.2. The van der Waals surface area contributed by atoms with Crippen LogP contribution in [0.1, 0.15) is 28.4 Å². The quantitative estimate of drug-likeness (QED) is 0.492. The lowest BCUT2D eigenvalue weighted by atomic mass is 10.1. The monoisotopic (exact) mass is 366 g/mol. The molecule has 1 aliphatic heterocycles. The summed E-state index contributed by atoms with van der Waals surface area (Å²) < 4.78 is 4.91. The van der Waals surface area contributed by atoms with Crippen molar-refractivity contribution in [3.63, 3.8) is 0 Å². The molecule has 0 spiro atoms. The number of phenolic OH excluding ortho intramolecular Hbond substituents is 1. The standard InChI is InChI=1S/C20H18N2O5/c1-3-27-20(26)13-5-7-15(8-6-13)22-19(25)16(18(24)21-22)11-14-10-12(2)4-9-17(14)23/h4-11,23H,3H2,1-2H3,(H,21,24). The van der Waals surface area contributed by atoms with Crippen molar-refractivity contribution in [1.82, 2.24) is 5.43 Å². The van der Waals surface area contributed by atoms with Crippen molar-refractivity contribution >= 4 is 29.5 Å². The van der Waals surface area contributed by atoms with Crippen molar-refractivity contribution in [3.8, 4) is 5.75 Å². The van der Waals surface area contributed by atoms with E-state index >= 15 is 0 Å². The van der Waals surface area contributed by atoms with Gasteiger partial charge in [0.25, 0.3) is 11.8 Å². The van der Waals surface area contributed by atoms with Gasteiger partial charge in [-0.1, -0.05) is 11.6 Å². The third-order valence-corrected chi connectivity index (χ3v) is 4.01. The number of nitrogens with one attached hydrogen (secondary N) is 1. The second kappa shape index (κ2) is 7.33. The van der Waals surface area contributed by atoms with Gasteiger partial charge in [0.15, 0.2) is 0 Å². The first-order valence-electron chi connectivity index (χ1n) is 8.34. The molecule has 2 aromatic carbocycles. The fraction of sp³-hybridized carbons (Fsp3) is 0.150. The van der Waals surface area contributed by atoms with Gasteiger partial charge in [-0.2, -0.15) is 0 Å². The predicted octanol–water partition coefficient (Wildman–Crippen LogP) is 2.34. The van der Waals surface area contributed by atoms with E-state index in [2.05, 4.69) is 5.43 Å². The van der Waals surface area contributed by atoms with E-state index in [9.17, 15) is 19.5 Å². The lowest BCUT2D eigenvalue weighted by Crippen LogP contribution is -2.35. The van der Waals surface area contributed by atoms with Crippen LogP contribution in [0.15, 0.2) is 48.0 Å². The number of ether oxygens (including phenoxy) is 1. The average molecular weight is 366 g/mol. The summed E-state index contributed by atoms with van der Waals surface area (Å²) in [6.07, 6.45) is 1.35. The molecule has 2 N–H and O–H groups in total. The smallest absolute Gasteiger partial charge is 0.338 e. The van der Waals surface area contributed by atoms with Crippen LogP contribution in [0.2, 0.25) is 0 Å². The zero-order valence-electron chi connectivity index (χ0n) is 14.9. The number of hydrazine groups is 1. The summed E-state index contributed by atoms with van der Waals surface area (Å²) in [5.74, 6) is -1.61. The van der Waals surface area contributed by atoms with Crippen molar-refractivity contribution in [3.05, 3.63) is 64.7 Å². The number of phenols is 1. The molecule has 0 aliphatic carbocycles. The number of hydrogen-bond donors (Lipinski definition) is 2. The van der Waals surface area contributed by atoms with Crippen LogP contribution in [0.25, 0.3) is 6.08 Å². The first kappa shape index (κ1) is 18.2. The Labute approximate surface area is 155 Å². The van der Waals surface area contributed by atoms with Gasteiger partial charge in [-0.3, -0.25) is 15.0 Å². The Bertz CT molecular complexity index is 947. The van der Waals surface area contributed by atoms with Crippen LogP contribution < -0.4 is 10.4 Å². The summed E-state index contributed by atoms with van der Waals surface area (Å²) >= 11 is 0. The zero-order chi connectivity index (χ0) is 19.6. The van der Waals surface area contributed by atoms with E-state index in [1.807, 2.05) is 6.92 Å². The van der Waals surface area contributed by atoms with Gasteiger partial charge in [0.1, 0.15) is 11.3 Å². The molecule has 7 nitrogen and oxygen atoms in total. The van der Waals surface area contributed by atoms with Crippen molar-refractivity contribution in [2.45, 2.75) is 13.8 Å². The molecule has 27 heavy (non-hydrogen) atoms. The minimum Gasteiger partial charge on any atom is -0.507 e. The Morgan fingerprint density at radius 2 is 1.89 bits per heavy atom.